The number of allylic oxidation sites excluding steroid dienone is 1. The van der Waals surface area contributed by atoms with Gasteiger partial charge in [-0.05, 0) is 16.1 Å². The Morgan fingerprint density at radius 2 is 1.64 bits per heavy atom. The first-order chi connectivity index (χ1) is 4.95. The molecule has 0 radical (unpaired) electrons. The van der Waals surface area contributed by atoms with Crippen molar-refractivity contribution in [3.8, 4) is 0 Å². The van der Waals surface area contributed by atoms with Gasteiger partial charge in [0.1, 0.15) is 0 Å². The fourth-order valence-electron chi connectivity index (χ4n) is 0.424. The Morgan fingerprint density at radius 1 is 1.27 bits per heavy atom. The van der Waals surface area contributed by atoms with Gasteiger partial charge in [0.05, 0.1) is 6.08 Å². The molecule has 5 nitrogen and oxygen atoms in total. The maximum atomic E-state index is 10.4. The van der Waals surface area contributed by atoms with Crippen molar-refractivity contribution in [1.29, 1.82) is 0 Å². The smallest absolute Gasteiger partial charge is 0.301 e. The van der Waals surface area contributed by atoms with E-state index in [-0.39, 0.29) is 0 Å². The molecule has 0 saturated heterocycles. The third kappa shape index (κ3) is 2.40. The SMILES string of the molecule is CC=CC(O)([P+](=O)O)[P+](=O)O. The Balaban J connectivity index is 4.82. The predicted octanol–water partition coefficient (Wildman–Crippen LogP) is 0.678. The molecule has 0 aliphatic rings. The minimum Gasteiger partial charge on any atom is -0.301 e. The molecule has 0 aromatic carbocycles. The van der Waals surface area contributed by atoms with Gasteiger partial charge >= 0.3 is 21.1 Å². The van der Waals surface area contributed by atoms with Gasteiger partial charge in [0.2, 0.25) is 0 Å². The maximum Gasteiger partial charge on any atom is 0.605 e. The van der Waals surface area contributed by atoms with Gasteiger partial charge in [0.25, 0.3) is 0 Å². The fraction of sp³-hybridized carbons (Fsp3) is 0.500. The van der Waals surface area contributed by atoms with Crippen LogP contribution in [0.5, 0.6) is 0 Å². The number of rotatable bonds is 3. The molecule has 7 heteroatoms. The van der Waals surface area contributed by atoms with E-state index < -0.39 is 21.1 Å². The third-order valence-corrected chi connectivity index (χ3v) is 3.40. The molecule has 0 spiro atoms. The van der Waals surface area contributed by atoms with E-state index in [1.807, 2.05) is 0 Å². The van der Waals surface area contributed by atoms with Crippen LogP contribution in [0.25, 0.3) is 0 Å². The first kappa shape index (κ1) is 10.8. The molecule has 0 aliphatic carbocycles. The molecule has 2 atom stereocenters. The van der Waals surface area contributed by atoms with E-state index in [1.54, 1.807) is 0 Å². The molecular weight excluding hydrogens is 190 g/mol. The van der Waals surface area contributed by atoms with E-state index >= 15 is 0 Å². The van der Waals surface area contributed by atoms with Crippen molar-refractivity contribution in [3.63, 3.8) is 0 Å². The van der Waals surface area contributed by atoms with Crippen molar-refractivity contribution in [2.75, 3.05) is 0 Å². The first-order valence-electron chi connectivity index (χ1n) is 2.64. The van der Waals surface area contributed by atoms with Crippen LogP contribution in [0.2, 0.25) is 0 Å². The van der Waals surface area contributed by atoms with Crippen molar-refractivity contribution >= 4 is 16.1 Å². The largest absolute Gasteiger partial charge is 0.605 e. The summed E-state index contributed by atoms with van der Waals surface area (Å²) < 4.78 is 20.7. The lowest BCUT2D eigenvalue weighted by atomic mass is 10.5. The van der Waals surface area contributed by atoms with Gasteiger partial charge in [-0.15, -0.1) is 0 Å². The van der Waals surface area contributed by atoms with Crippen molar-refractivity contribution < 1.29 is 24.0 Å². The van der Waals surface area contributed by atoms with E-state index in [0.717, 1.165) is 6.08 Å². The second-order valence-corrected chi connectivity index (χ2v) is 4.54. The zero-order valence-corrected chi connectivity index (χ0v) is 7.50. The third-order valence-electron chi connectivity index (χ3n) is 0.953. The van der Waals surface area contributed by atoms with Gasteiger partial charge in [-0.25, -0.2) is 0 Å². The van der Waals surface area contributed by atoms with Crippen LogP contribution < -0.4 is 0 Å². The van der Waals surface area contributed by atoms with Gasteiger partial charge in [0, 0.05) is 0 Å². The average Bonchev–Trinajstić information content (AvgIpc) is 1.87. The molecular formula is C4H8O5P2+2. The van der Waals surface area contributed by atoms with Gasteiger partial charge < -0.3 is 5.11 Å². The number of hydrogen-bond acceptors (Lipinski definition) is 3. The molecule has 11 heavy (non-hydrogen) atoms. The molecule has 0 aromatic heterocycles. The summed E-state index contributed by atoms with van der Waals surface area (Å²) in [5.74, 6) is 0. The Hall–Kier alpha value is -0.180. The lowest BCUT2D eigenvalue weighted by Gasteiger charge is -1.91. The molecule has 0 saturated carbocycles. The van der Waals surface area contributed by atoms with Gasteiger partial charge in [-0.1, -0.05) is 6.08 Å². The van der Waals surface area contributed by atoms with E-state index in [4.69, 9.17) is 14.9 Å². The first-order valence-corrected chi connectivity index (χ1v) is 5.06. The second-order valence-electron chi connectivity index (χ2n) is 1.73. The molecule has 0 rings (SSSR count). The summed E-state index contributed by atoms with van der Waals surface area (Å²) in [6, 6.07) is 0. The quantitative estimate of drug-likeness (QED) is 0.457. The predicted molar refractivity (Wildman–Crippen MR) is 39.4 cm³/mol. The van der Waals surface area contributed by atoms with E-state index in [2.05, 4.69) is 0 Å². The minimum atomic E-state index is -3.11. The van der Waals surface area contributed by atoms with Crippen molar-refractivity contribution in [2.24, 2.45) is 0 Å². The summed E-state index contributed by atoms with van der Waals surface area (Å²) >= 11 is 0. The molecule has 0 fully saturated rings. The molecule has 0 bridgehead atoms. The summed E-state index contributed by atoms with van der Waals surface area (Å²) in [5, 5.41) is 6.51. The summed E-state index contributed by atoms with van der Waals surface area (Å²) in [6.45, 7) is 1.46. The maximum absolute atomic E-state index is 10.4. The molecule has 0 heterocycles. The van der Waals surface area contributed by atoms with Crippen LogP contribution >= 0.6 is 16.1 Å². The van der Waals surface area contributed by atoms with Crippen LogP contribution in [-0.2, 0) is 9.13 Å². The zero-order chi connectivity index (χ0) is 9.07. The molecule has 0 aromatic rings. The van der Waals surface area contributed by atoms with Crippen LogP contribution in [0.3, 0.4) is 0 Å². The van der Waals surface area contributed by atoms with Crippen molar-refractivity contribution in [1.82, 2.24) is 0 Å². The fourth-order valence-corrected chi connectivity index (χ4v) is 1.56. The van der Waals surface area contributed by atoms with Gasteiger partial charge in [-0.3, -0.25) is 0 Å². The molecule has 62 valence electrons. The molecule has 0 aliphatic heterocycles. The zero-order valence-electron chi connectivity index (χ0n) is 5.71. The highest BCUT2D eigenvalue weighted by Crippen LogP contribution is 2.50. The van der Waals surface area contributed by atoms with E-state index in [0.29, 0.717) is 0 Å². The normalized spacial score (nSPS) is 19.6. The van der Waals surface area contributed by atoms with Crippen LogP contribution in [0, 0.1) is 0 Å². The molecule has 2 unspecified atom stereocenters. The molecule has 3 N–H and O–H groups in total. The summed E-state index contributed by atoms with van der Waals surface area (Å²) in [4.78, 5) is 16.9. The number of aliphatic hydroxyl groups is 1. The topological polar surface area (TPSA) is 94.8 Å². The molecule has 0 amide bonds. The second kappa shape index (κ2) is 4.00. The highest BCUT2D eigenvalue weighted by atomic mass is 31.2. The standard InChI is InChI=1S/C4H6O5P2/c1-2-3-4(5,10(6)7)11(8)9/h2-3,5H,1H3/p+2. The van der Waals surface area contributed by atoms with Crippen LogP contribution in [0.15, 0.2) is 12.2 Å². The van der Waals surface area contributed by atoms with Crippen LogP contribution in [0.1, 0.15) is 6.92 Å². The van der Waals surface area contributed by atoms with Crippen molar-refractivity contribution in [3.05, 3.63) is 12.2 Å². The van der Waals surface area contributed by atoms with Gasteiger partial charge in [-0.2, -0.15) is 9.79 Å². The summed E-state index contributed by atoms with van der Waals surface area (Å²) in [5.41, 5.74) is 0. The lowest BCUT2D eigenvalue weighted by molar-refractivity contribution is 0.227. The summed E-state index contributed by atoms with van der Waals surface area (Å²) in [6.07, 6.45) is 2.05. The monoisotopic (exact) mass is 198 g/mol. The highest BCUT2D eigenvalue weighted by Gasteiger charge is 2.64. The average molecular weight is 198 g/mol. The Labute approximate surface area is 65.1 Å². The highest BCUT2D eigenvalue weighted by molar-refractivity contribution is 7.59. The minimum absolute atomic E-state index is 0.824. The Morgan fingerprint density at radius 3 is 1.73 bits per heavy atom. The number of hydrogen-bond donors (Lipinski definition) is 3. The van der Waals surface area contributed by atoms with E-state index in [1.165, 1.54) is 13.0 Å². The van der Waals surface area contributed by atoms with Gasteiger partial charge in [0.15, 0.2) is 0 Å². The van der Waals surface area contributed by atoms with Crippen LogP contribution in [0.4, 0.5) is 0 Å². The van der Waals surface area contributed by atoms with Crippen LogP contribution in [-0.4, -0.2) is 20.0 Å². The lowest BCUT2D eigenvalue weighted by Crippen LogP contribution is -2.14. The van der Waals surface area contributed by atoms with E-state index in [9.17, 15) is 9.13 Å². The Kier molecular flexibility index (Phi) is 3.93. The van der Waals surface area contributed by atoms with Crippen molar-refractivity contribution in [2.45, 2.75) is 12.0 Å². The Bertz CT molecular complexity index is 197. The summed E-state index contributed by atoms with van der Waals surface area (Å²) in [7, 11) is -6.21.